The zero-order chi connectivity index (χ0) is 14.0. The van der Waals surface area contributed by atoms with Gasteiger partial charge in [-0.2, -0.15) is 0 Å². The molecule has 1 fully saturated rings. The van der Waals surface area contributed by atoms with Gasteiger partial charge in [0.05, 0.1) is 12.2 Å². The Morgan fingerprint density at radius 3 is 2.58 bits per heavy atom. The Morgan fingerprint density at radius 2 is 2.00 bits per heavy atom. The number of nitrogen functional groups attached to an aromatic ring is 1. The average molecular weight is 265 g/mol. The van der Waals surface area contributed by atoms with Gasteiger partial charge in [-0.05, 0) is 37.6 Å². The second-order valence-corrected chi connectivity index (χ2v) is 5.21. The smallest absolute Gasteiger partial charge is 0.124 e. The van der Waals surface area contributed by atoms with Gasteiger partial charge in [-0.15, -0.1) is 0 Å². The summed E-state index contributed by atoms with van der Waals surface area (Å²) in [5.41, 5.74) is 6.69. The molecule has 0 spiro atoms. The summed E-state index contributed by atoms with van der Waals surface area (Å²) in [4.78, 5) is 2.23. The van der Waals surface area contributed by atoms with Crippen LogP contribution in [-0.4, -0.2) is 36.0 Å². The molecule has 104 valence electrons. The van der Waals surface area contributed by atoms with Crippen LogP contribution < -0.4 is 5.73 Å². The SMILES string of the molecule is C[C@@H]1CN(Cc2cc(F)cc(C(=N)N)c2)C[C@H](C)O1. The maximum Gasteiger partial charge on any atom is 0.124 e. The third-order valence-corrected chi connectivity index (χ3v) is 3.17. The Labute approximate surface area is 112 Å². The highest BCUT2D eigenvalue weighted by molar-refractivity contribution is 5.95. The number of nitrogens with two attached hydrogens (primary N) is 1. The lowest BCUT2D eigenvalue weighted by molar-refractivity contribution is -0.0705. The quantitative estimate of drug-likeness (QED) is 0.646. The Bertz CT molecular complexity index is 468. The number of hydrogen-bond acceptors (Lipinski definition) is 3. The summed E-state index contributed by atoms with van der Waals surface area (Å²) in [5, 5.41) is 7.39. The molecule has 1 aliphatic heterocycles. The van der Waals surface area contributed by atoms with Crippen molar-refractivity contribution in [3.63, 3.8) is 0 Å². The van der Waals surface area contributed by atoms with Crippen molar-refractivity contribution in [2.45, 2.75) is 32.6 Å². The minimum absolute atomic E-state index is 0.107. The van der Waals surface area contributed by atoms with Crippen LogP contribution in [0.5, 0.6) is 0 Å². The van der Waals surface area contributed by atoms with Gasteiger partial charge in [0, 0.05) is 25.2 Å². The summed E-state index contributed by atoms with van der Waals surface area (Å²) in [6, 6.07) is 4.56. The van der Waals surface area contributed by atoms with Gasteiger partial charge in [0.15, 0.2) is 0 Å². The number of halogens is 1. The van der Waals surface area contributed by atoms with Crippen LogP contribution in [0.25, 0.3) is 0 Å². The molecule has 1 aliphatic rings. The summed E-state index contributed by atoms with van der Waals surface area (Å²) in [5.74, 6) is -0.457. The standard InChI is InChI=1S/C14H20FN3O/c1-9-6-18(7-10(2)19-9)8-11-3-12(14(16)17)5-13(15)4-11/h3-5,9-10H,6-8H2,1-2H3,(H3,16,17)/t9-,10+. The number of nitrogens with zero attached hydrogens (tertiary/aromatic N) is 1. The molecule has 0 amide bonds. The van der Waals surface area contributed by atoms with Gasteiger partial charge < -0.3 is 10.5 Å². The molecule has 0 unspecified atom stereocenters. The van der Waals surface area contributed by atoms with Gasteiger partial charge in [-0.25, -0.2) is 4.39 Å². The van der Waals surface area contributed by atoms with E-state index in [2.05, 4.69) is 4.90 Å². The number of rotatable bonds is 3. The van der Waals surface area contributed by atoms with E-state index in [9.17, 15) is 4.39 Å². The predicted octanol–water partition coefficient (Wildman–Crippen LogP) is 1.72. The van der Waals surface area contributed by atoms with Crippen LogP contribution in [0.3, 0.4) is 0 Å². The fraction of sp³-hybridized carbons (Fsp3) is 0.500. The monoisotopic (exact) mass is 265 g/mol. The lowest BCUT2D eigenvalue weighted by Crippen LogP contribution is -2.44. The summed E-state index contributed by atoms with van der Waals surface area (Å²) < 4.78 is 19.2. The molecule has 19 heavy (non-hydrogen) atoms. The molecule has 2 atom stereocenters. The van der Waals surface area contributed by atoms with Crippen molar-refractivity contribution < 1.29 is 9.13 Å². The summed E-state index contributed by atoms with van der Waals surface area (Å²) in [6.45, 7) is 6.38. The van der Waals surface area contributed by atoms with Crippen LogP contribution in [0, 0.1) is 11.2 Å². The first-order valence-electron chi connectivity index (χ1n) is 6.45. The van der Waals surface area contributed by atoms with E-state index in [1.165, 1.54) is 12.1 Å². The third-order valence-electron chi connectivity index (χ3n) is 3.17. The molecule has 0 aliphatic carbocycles. The van der Waals surface area contributed by atoms with Gasteiger partial charge in [-0.3, -0.25) is 10.3 Å². The van der Waals surface area contributed by atoms with Crippen molar-refractivity contribution in [1.82, 2.24) is 4.90 Å². The molecule has 4 nitrogen and oxygen atoms in total. The largest absolute Gasteiger partial charge is 0.384 e. The van der Waals surface area contributed by atoms with Crippen LogP contribution in [-0.2, 0) is 11.3 Å². The first-order valence-corrected chi connectivity index (χ1v) is 6.45. The molecule has 1 saturated heterocycles. The highest BCUT2D eigenvalue weighted by Gasteiger charge is 2.22. The van der Waals surface area contributed by atoms with Crippen molar-refractivity contribution in [1.29, 1.82) is 5.41 Å². The first kappa shape index (κ1) is 14.0. The Morgan fingerprint density at radius 1 is 1.37 bits per heavy atom. The molecule has 0 radical (unpaired) electrons. The predicted molar refractivity (Wildman–Crippen MR) is 72.7 cm³/mol. The van der Waals surface area contributed by atoms with Crippen molar-refractivity contribution in [3.05, 3.63) is 35.1 Å². The maximum absolute atomic E-state index is 13.5. The highest BCUT2D eigenvalue weighted by atomic mass is 19.1. The fourth-order valence-corrected chi connectivity index (χ4v) is 2.57. The van der Waals surface area contributed by atoms with Crippen LogP contribution in [0.15, 0.2) is 18.2 Å². The van der Waals surface area contributed by atoms with E-state index in [1.807, 2.05) is 13.8 Å². The molecule has 1 aromatic carbocycles. The number of nitrogens with one attached hydrogen (secondary N) is 1. The molecular weight excluding hydrogens is 245 g/mol. The molecule has 3 N–H and O–H groups in total. The fourth-order valence-electron chi connectivity index (χ4n) is 2.57. The summed E-state index contributed by atoms with van der Waals surface area (Å²) >= 11 is 0. The third kappa shape index (κ3) is 3.75. The van der Waals surface area contributed by atoms with Gasteiger partial charge in [0.2, 0.25) is 0 Å². The zero-order valence-corrected chi connectivity index (χ0v) is 11.3. The molecule has 2 rings (SSSR count). The van der Waals surface area contributed by atoms with E-state index in [1.54, 1.807) is 6.07 Å². The number of benzene rings is 1. The van der Waals surface area contributed by atoms with E-state index < -0.39 is 0 Å². The van der Waals surface area contributed by atoms with Crippen molar-refractivity contribution in [3.8, 4) is 0 Å². The number of morpholine rings is 1. The number of amidine groups is 1. The Hall–Kier alpha value is -1.46. The number of hydrogen-bond donors (Lipinski definition) is 2. The van der Waals surface area contributed by atoms with Gasteiger partial charge in [0.25, 0.3) is 0 Å². The van der Waals surface area contributed by atoms with Crippen molar-refractivity contribution in [2.24, 2.45) is 5.73 Å². The zero-order valence-electron chi connectivity index (χ0n) is 11.3. The van der Waals surface area contributed by atoms with E-state index in [4.69, 9.17) is 15.9 Å². The molecule has 1 aromatic rings. The topological polar surface area (TPSA) is 62.3 Å². The molecule has 0 bridgehead atoms. The second kappa shape index (κ2) is 5.67. The Kier molecular flexibility index (Phi) is 4.17. The van der Waals surface area contributed by atoms with Crippen LogP contribution in [0.1, 0.15) is 25.0 Å². The van der Waals surface area contributed by atoms with E-state index in [-0.39, 0.29) is 23.9 Å². The van der Waals surface area contributed by atoms with Gasteiger partial charge in [0.1, 0.15) is 11.7 Å². The van der Waals surface area contributed by atoms with E-state index >= 15 is 0 Å². The van der Waals surface area contributed by atoms with Crippen LogP contribution in [0.2, 0.25) is 0 Å². The Balaban J connectivity index is 2.12. The molecule has 1 heterocycles. The molecule has 0 saturated carbocycles. The van der Waals surface area contributed by atoms with E-state index in [0.717, 1.165) is 18.7 Å². The van der Waals surface area contributed by atoms with Crippen molar-refractivity contribution >= 4 is 5.84 Å². The van der Waals surface area contributed by atoms with Crippen LogP contribution in [0.4, 0.5) is 4.39 Å². The number of ether oxygens (including phenoxy) is 1. The van der Waals surface area contributed by atoms with E-state index in [0.29, 0.717) is 12.1 Å². The lowest BCUT2D eigenvalue weighted by Gasteiger charge is -2.35. The molecule has 5 heteroatoms. The average Bonchev–Trinajstić information content (AvgIpc) is 2.26. The minimum Gasteiger partial charge on any atom is -0.384 e. The second-order valence-electron chi connectivity index (χ2n) is 5.21. The highest BCUT2D eigenvalue weighted by Crippen LogP contribution is 2.16. The molecule has 0 aromatic heterocycles. The van der Waals surface area contributed by atoms with Crippen molar-refractivity contribution in [2.75, 3.05) is 13.1 Å². The van der Waals surface area contributed by atoms with Gasteiger partial charge >= 0.3 is 0 Å². The first-order chi connectivity index (χ1) is 8.94. The van der Waals surface area contributed by atoms with Crippen LogP contribution >= 0.6 is 0 Å². The molecular formula is C14H20FN3O. The summed E-state index contributed by atoms with van der Waals surface area (Å²) in [7, 11) is 0. The minimum atomic E-state index is -0.350. The van der Waals surface area contributed by atoms with Gasteiger partial charge in [-0.1, -0.05) is 0 Å². The summed E-state index contributed by atoms with van der Waals surface area (Å²) in [6.07, 6.45) is 0.370. The lowest BCUT2D eigenvalue weighted by atomic mass is 10.1. The maximum atomic E-state index is 13.5. The normalized spacial score (nSPS) is 24.4.